The lowest BCUT2D eigenvalue weighted by atomic mass is 10.1. The number of aromatic nitrogens is 2. The van der Waals surface area contributed by atoms with E-state index in [9.17, 15) is 14.7 Å². The van der Waals surface area contributed by atoms with Crippen LogP contribution in [0.4, 0.5) is 11.4 Å². The SMILES string of the molecule is Cc1cc(=O)oc2cc(N)ccc12.Cc1ccc(NC(=O)c2ccc3nc(-c4ccc(Cl)cc4)n(CCO)c3c2)cc1C. The zero-order valence-corrected chi connectivity index (χ0v) is 24.8. The number of hydrogen-bond acceptors (Lipinski definition) is 6. The highest BCUT2D eigenvalue weighted by molar-refractivity contribution is 6.30. The number of nitrogens with zero attached hydrogens (tertiary/aromatic N) is 2. The van der Waals surface area contributed by atoms with E-state index in [0.717, 1.165) is 44.6 Å². The van der Waals surface area contributed by atoms with Crippen LogP contribution in [0.25, 0.3) is 33.4 Å². The number of imidazole rings is 1. The van der Waals surface area contributed by atoms with Gasteiger partial charge < -0.3 is 25.1 Å². The Balaban J connectivity index is 0.000000235. The van der Waals surface area contributed by atoms with E-state index in [0.29, 0.717) is 28.4 Å². The molecule has 8 nitrogen and oxygen atoms in total. The molecule has 0 aliphatic rings. The lowest BCUT2D eigenvalue weighted by Gasteiger charge is -2.10. The summed E-state index contributed by atoms with van der Waals surface area (Å²) in [6, 6.07) is 25.4. The predicted molar refractivity (Wildman–Crippen MR) is 173 cm³/mol. The summed E-state index contributed by atoms with van der Waals surface area (Å²) in [6.07, 6.45) is 0. The molecule has 0 radical (unpaired) electrons. The molecule has 4 aromatic carbocycles. The fourth-order valence-corrected chi connectivity index (χ4v) is 4.90. The number of benzene rings is 4. The van der Waals surface area contributed by atoms with Gasteiger partial charge in [-0.15, -0.1) is 0 Å². The van der Waals surface area contributed by atoms with Gasteiger partial charge in [0, 0.05) is 51.6 Å². The third-order valence-corrected chi connectivity index (χ3v) is 7.43. The summed E-state index contributed by atoms with van der Waals surface area (Å²) in [6.45, 7) is 6.26. The van der Waals surface area contributed by atoms with Crippen molar-refractivity contribution in [2.45, 2.75) is 27.3 Å². The van der Waals surface area contributed by atoms with Gasteiger partial charge in [-0.25, -0.2) is 9.78 Å². The fourth-order valence-electron chi connectivity index (χ4n) is 4.77. The highest BCUT2D eigenvalue weighted by Crippen LogP contribution is 2.27. The van der Waals surface area contributed by atoms with E-state index in [-0.39, 0.29) is 18.1 Å². The smallest absolute Gasteiger partial charge is 0.336 e. The lowest BCUT2D eigenvalue weighted by molar-refractivity contribution is 0.102. The van der Waals surface area contributed by atoms with Gasteiger partial charge in [0.15, 0.2) is 0 Å². The number of hydrogen-bond donors (Lipinski definition) is 3. The van der Waals surface area contributed by atoms with Gasteiger partial charge in [-0.1, -0.05) is 17.7 Å². The molecule has 0 spiro atoms. The number of anilines is 2. The van der Waals surface area contributed by atoms with Gasteiger partial charge in [0.2, 0.25) is 0 Å². The number of carbonyl (C=O) groups is 1. The molecule has 1 amide bonds. The zero-order valence-electron chi connectivity index (χ0n) is 24.0. The number of nitrogens with two attached hydrogens (primary N) is 1. The van der Waals surface area contributed by atoms with Crippen LogP contribution in [-0.2, 0) is 6.54 Å². The highest BCUT2D eigenvalue weighted by Gasteiger charge is 2.15. The fraction of sp³-hybridized carbons (Fsp3) is 0.147. The molecule has 0 aliphatic heterocycles. The van der Waals surface area contributed by atoms with Gasteiger partial charge in [-0.05, 0) is 104 Å². The second-order valence-corrected chi connectivity index (χ2v) is 10.7. The molecule has 0 unspecified atom stereocenters. The van der Waals surface area contributed by atoms with Crippen LogP contribution in [0.5, 0.6) is 0 Å². The number of halogens is 1. The minimum atomic E-state index is -0.337. The van der Waals surface area contributed by atoms with Crippen molar-refractivity contribution in [3.63, 3.8) is 0 Å². The summed E-state index contributed by atoms with van der Waals surface area (Å²) < 4.78 is 6.91. The van der Waals surface area contributed by atoms with Crippen molar-refractivity contribution >= 4 is 50.9 Å². The van der Waals surface area contributed by atoms with Crippen molar-refractivity contribution in [1.82, 2.24) is 9.55 Å². The van der Waals surface area contributed by atoms with Crippen molar-refractivity contribution in [2.75, 3.05) is 17.7 Å². The number of aliphatic hydroxyl groups excluding tert-OH is 1. The molecule has 6 rings (SSSR count). The Bertz CT molecular complexity index is 2010. The predicted octanol–water partition coefficient (Wildman–Crippen LogP) is 6.90. The number of rotatable bonds is 5. The molecule has 9 heteroatoms. The Morgan fingerprint density at radius 1 is 0.930 bits per heavy atom. The molecule has 218 valence electrons. The molecule has 0 atom stereocenters. The quantitative estimate of drug-likeness (QED) is 0.147. The Morgan fingerprint density at radius 2 is 1.70 bits per heavy atom. The molecule has 0 aliphatic carbocycles. The number of fused-ring (bicyclic) bond motifs is 2. The first-order valence-electron chi connectivity index (χ1n) is 13.7. The van der Waals surface area contributed by atoms with Gasteiger partial charge in [0.25, 0.3) is 5.91 Å². The minimum Gasteiger partial charge on any atom is -0.423 e. The number of nitrogen functional groups attached to an aromatic ring is 1. The van der Waals surface area contributed by atoms with E-state index in [1.54, 1.807) is 18.2 Å². The molecular weight excluding hydrogens is 564 g/mol. The van der Waals surface area contributed by atoms with Gasteiger partial charge in [0.05, 0.1) is 17.6 Å². The maximum atomic E-state index is 12.8. The first kappa shape index (κ1) is 29.6. The van der Waals surface area contributed by atoms with Crippen molar-refractivity contribution in [3.8, 4) is 11.4 Å². The summed E-state index contributed by atoms with van der Waals surface area (Å²) in [5, 5.41) is 14.1. The minimum absolute atomic E-state index is 0.0366. The Morgan fingerprint density at radius 3 is 2.42 bits per heavy atom. The van der Waals surface area contributed by atoms with E-state index in [1.165, 1.54) is 11.6 Å². The molecule has 4 N–H and O–H groups in total. The van der Waals surface area contributed by atoms with Crippen molar-refractivity contribution in [3.05, 3.63) is 123 Å². The highest BCUT2D eigenvalue weighted by atomic mass is 35.5. The van der Waals surface area contributed by atoms with Gasteiger partial charge in [0.1, 0.15) is 11.4 Å². The Kier molecular flexibility index (Phi) is 8.61. The third-order valence-electron chi connectivity index (χ3n) is 7.18. The summed E-state index contributed by atoms with van der Waals surface area (Å²) in [5.41, 5.74) is 13.3. The van der Waals surface area contributed by atoms with E-state index < -0.39 is 0 Å². The van der Waals surface area contributed by atoms with Crippen LogP contribution in [0.2, 0.25) is 5.02 Å². The monoisotopic (exact) mass is 594 g/mol. The largest absolute Gasteiger partial charge is 0.423 e. The lowest BCUT2D eigenvalue weighted by Crippen LogP contribution is -2.12. The molecule has 2 aromatic heterocycles. The average molecular weight is 595 g/mol. The van der Waals surface area contributed by atoms with E-state index in [1.807, 2.05) is 86.0 Å². The topological polar surface area (TPSA) is 123 Å². The molecule has 0 saturated heterocycles. The maximum Gasteiger partial charge on any atom is 0.336 e. The Labute approximate surface area is 253 Å². The first-order valence-corrected chi connectivity index (χ1v) is 14.1. The van der Waals surface area contributed by atoms with Crippen LogP contribution in [0, 0.1) is 20.8 Å². The van der Waals surface area contributed by atoms with Crippen LogP contribution in [0.1, 0.15) is 27.0 Å². The van der Waals surface area contributed by atoms with Crippen LogP contribution in [0.3, 0.4) is 0 Å². The molecule has 6 aromatic rings. The summed E-state index contributed by atoms with van der Waals surface area (Å²) >= 11 is 6.01. The molecule has 0 bridgehead atoms. The number of carbonyl (C=O) groups excluding carboxylic acids is 1. The number of nitrogens with one attached hydrogen (secondary N) is 1. The van der Waals surface area contributed by atoms with Gasteiger partial charge in [-0.3, -0.25) is 4.79 Å². The summed E-state index contributed by atoms with van der Waals surface area (Å²) in [5.74, 6) is 0.535. The molecule has 43 heavy (non-hydrogen) atoms. The summed E-state index contributed by atoms with van der Waals surface area (Å²) in [7, 11) is 0. The second kappa shape index (κ2) is 12.5. The normalized spacial score (nSPS) is 10.9. The van der Waals surface area contributed by atoms with Gasteiger partial charge in [-0.2, -0.15) is 0 Å². The molecule has 2 heterocycles. The first-order chi connectivity index (χ1) is 20.6. The maximum absolute atomic E-state index is 12.8. The second-order valence-electron chi connectivity index (χ2n) is 10.3. The number of amides is 1. The third kappa shape index (κ3) is 6.61. The van der Waals surface area contributed by atoms with Gasteiger partial charge >= 0.3 is 5.63 Å². The van der Waals surface area contributed by atoms with E-state index in [4.69, 9.17) is 26.7 Å². The van der Waals surface area contributed by atoms with Crippen LogP contribution < -0.4 is 16.7 Å². The number of aliphatic hydroxyl groups is 1. The van der Waals surface area contributed by atoms with Crippen LogP contribution in [-0.4, -0.2) is 27.2 Å². The molecule has 0 fully saturated rings. The molecular formula is C34H31ClN4O4. The summed E-state index contributed by atoms with van der Waals surface area (Å²) in [4.78, 5) is 28.6. The average Bonchev–Trinajstić information content (AvgIpc) is 3.33. The van der Waals surface area contributed by atoms with Crippen molar-refractivity contribution in [2.24, 2.45) is 0 Å². The van der Waals surface area contributed by atoms with E-state index in [2.05, 4.69) is 5.32 Å². The van der Waals surface area contributed by atoms with Crippen LogP contribution in [0.15, 0.2) is 94.1 Å². The van der Waals surface area contributed by atoms with Crippen molar-refractivity contribution in [1.29, 1.82) is 0 Å². The molecule has 0 saturated carbocycles. The van der Waals surface area contributed by atoms with Crippen LogP contribution >= 0.6 is 11.6 Å². The Hall–Kier alpha value is -4.92. The van der Waals surface area contributed by atoms with Crippen molar-refractivity contribution < 1.29 is 14.3 Å². The standard InChI is InChI=1S/C24H22ClN3O2.C10H9NO2/c1-15-3-9-20(13-16(15)2)26-24(30)18-6-10-21-22(14-18)28(11-12-29)23(27-21)17-4-7-19(25)8-5-17;1-6-4-10(12)13-9-5-7(11)2-3-8(6)9/h3-10,13-14,29H,11-12H2,1-2H3,(H,26,30);2-5H,11H2,1H3. The van der Waals surface area contributed by atoms with E-state index >= 15 is 0 Å². The number of aryl methyl sites for hydroxylation is 3. The zero-order chi connectivity index (χ0) is 30.7.